The van der Waals surface area contributed by atoms with Gasteiger partial charge in [0.1, 0.15) is 0 Å². The van der Waals surface area contributed by atoms with Gasteiger partial charge in [0, 0.05) is 20.1 Å². The molecule has 0 aromatic heterocycles. The second-order valence-electron chi connectivity index (χ2n) is 5.53. The maximum Gasteiger partial charge on any atom is 0.390 e. The maximum atomic E-state index is 12.1. The predicted octanol–water partition coefficient (Wildman–Crippen LogP) is 2.23. The molecule has 0 saturated carbocycles. The van der Waals surface area contributed by atoms with Gasteiger partial charge in [0.2, 0.25) is 0 Å². The zero-order valence-corrected chi connectivity index (χ0v) is 13.0. The molecule has 0 unspecified atom stereocenters. The molecule has 1 aliphatic rings. The van der Waals surface area contributed by atoms with Crippen LogP contribution in [0.5, 0.6) is 0 Å². The Bertz CT molecular complexity index is 310. The van der Waals surface area contributed by atoms with E-state index in [0.717, 1.165) is 39.0 Å². The standard InChI is InChI=1S/C14H27F3N4/c1-3-8-21-9-4-12(5-10-21)11-20-13(18-2)19-7-6-14(15,16)17/h12H,3-11H2,1-2H3,(H2,18,19,20). The normalized spacial score (nSPS) is 18.8. The maximum absolute atomic E-state index is 12.1. The van der Waals surface area contributed by atoms with E-state index in [9.17, 15) is 13.2 Å². The van der Waals surface area contributed by atoms with E-state index >= 15 is 0 Å². The number of hydrogen-bond acceptors (Lipinski definition) is 2. The molecule has 1 rings (SSSR count). The minimum Gasteiger partial charge on any atom is -0.356 e. The first-order valence-electron chi connectivity index (χ1n) is 7.68. The molecule has 0 bridgehead atoms. The van der Waals surface area contributed by atoms with E-state index in [-0.39, 0.29) is 6.54 Å². The van der Waals surface area contributed by atoms with Crippen molar-refractivity contribution in [1.82, 2.24) is 15.5 Å². The number of hydrogen-bond donors (Lipinski definition) is 2. The van der Waals surface area contributed by atoms with Gasteiger partial charge in [-0.05, 0) is 44.8 Å². The quantitative estimate of drug-likeness (QED) is 0.584. The lowest BCUT2D eigenvalue weighted by Gasteiger charge is -2.32. The number of nitrogens with one attached hydrogen (secondary N) is 2. The number of rotatable bonds is 6. The van der Waals surface area contributed by atoms with Gasteiger partial charge < -0.3 is 15.5 Å². The molecule has 0 amide bonds. The third-order valence-corrected chi connectivity index (χ3v) is 3.73. The van der Waals surface area contributed by atoms with Crippen LogP contribution in [0, 0.1) is 5.92 Å². The van der Waals surface area contributed by atoms with Crippen molar-refractivity contribution in [3.05, 3.63) is 0 Å². The molecule has 1 aliphatic heterocycles. The molecule has 0 aromatic carbocycles. The number of piperidine rings is 1. The Morgan fingerprint density at radius 2 is 1.90 bits per heavy atom. The zero-order chi connectivity index (χ0) is 15.7. The van der Waals surface area contributed by atoms with Crippen LogP contribution in [0.4, 0.5) is 13.2 Å². The van der Waals surface area contributed by atoms with Gasteiger partial charge in [-0.2, -0.15) is 13.2 Å². The Kier molecular flexibility index (Phi) is 7.85. The lowest BCUT2D eigenvalue weighted by atomic mass is 9.97. The third-order valence-electron chi connectivity index (χ3n) is 3.73. The van der Waals surface area contributed by atoms with Crippen molar-refractivity contribution in [1.29, 1.82) is 0 Å². The zero-order valence-electron chi connectivity index (χ0n) is 13.0. The van der Waals surface area contributed by atoms with Crippen molar-refractivity contribution < 1.29 is 13.2 Å². The van der Waals surface area contributed by atoms with Gasteiger partial charge in [-0.25, -0.2) is 0 Å². The Morgan fingerprint density at radius 1 is 1.24 bits per heavy atom. The first kappa shape index (κ1) is 18.1. The molecule has 0 aliphatic carbocycles. The Balaban J connectivity index is 2.18. The van der Waals surface area contributed by atoms with Crippen LogP contribution in [-0.4, -0.2) is 56.8 Å². The summed E-state index contributed by atoms with van der Waals surface area (Å²) in [6, 6.07) is 0. The van der Waals surface area contributed by atoms with Crippen LogP contribution >= 0.6 is 0 Å². The van der Waals surface area contributed by atoms with Gasteiger partial charge in [0.15, 0.2) is 5.96 Å². The minimum absolute atomic E-state index is 0.141. The summed E-state index contributed by atoms with van der Waals surface area (Å²) in [5.74, 6) is 1.02. The molecule has 0 aromatic rings. The van der Waals surface area contributed by atoms with Crippen LogP contribution in [0.25, 0.3) is 0 Å². The van der Waals surface area contributed by atoms with Crippen LogP contribution in [0.15, 0.2) is 4.99 Å². The topological polar surface area (TPSA) is 39.7 Å². The van der Waals surface area contributed by atoms with Crippen molar-refractivity contribution in [2.75, 3.05) is 39.8 Å². The molecule has 0 radical (unpaired) electrons. The molecule has 7 heteroatoms. The summed E-state index contributed by atoms with van der Waals surface area (Å²) in [6.45, 7) is 6.19. The molecule has 0 spiro atoms. The highest BCUT2D eigenvalue weighted by Crippen LogP contribution is 2.18. The van der Waals surface area contributed by atoms with Crippen LogP contribution in [0.3, 0.4) is 0 Å². The predicted molar refractivity (Wildman–Crippen MR) is 79.5 cm³/mol. The van der Waals surface area contributed by atoms with Crippen molar-refractivity contribution in [3.8, 4) is 0 Å². The van der Waals surface area contributed by atoms with E-state index < -0.39 is 12.6 Å². The second kappa shape index (κ2) is 9.12. The van der Waals surface area contributed by atoms with E-state index in [1.807, 2.05) is 0 Å². The van der Waals surface area contributed by atoms with Crippen molar-refractivity contribution in [2.45, 2.75) is 38.8 Å². The lowest BCUT2D eigenvalue weighted by Crippen LogP contribution is -2.43. The van der Waals surface area contributed by atoms with E-state index in [0.29, 0.717) is 11.9 Å². The van der Waals surface area contributed by atoms with Crippen LogP contribution in [-0.2, 0) is 0 Å². The molecule has 124 valence electrons. The van der Waals surface area contributed by atoms with Crippen molar-refractivity contribution in [2.24, 2.45) is 10.9 Å². The van der Waals surface area contributed by atoms with Crippen LogP contribution in [0.1, 0.15) is 32.6 Å². The Hall–Kier alpha value is -0.980. The second-order valence-corrected chi connectivity index (χ2v) is 5.53. The fourth-order valence-electron chi connectivity index (χ4n) is 2.51. The van der Waals surface area contributed by atoms with Gasteiger partial charge in [-0.15, -0.1) is 0 Å². The third kappa shape index (κ3) is 8.14. The molecular formula is C14H27F3N4. The Morgan fingerprint density at radius 3 is 2.43 bits per heavy atom. The van der Waals surface area contributed by atoms with Gasteiger partial charge in [0.25, 0.3) is 0 Å². The summed E-state index contributed by atoms with van der Waals surface area (Å²) in [5, 5.41) is 5.83. The van der Waals surface area contributed by atoms with Gasteiger partial charge >= 0.3 is 6.18 Å². The monoisotopic (exact) mass is 308 g/mol. The van der Waals surface area contributed by atoms with E-state index in [4.69, 9.17) is 0 Å². The highest BCUT2D eigenvalue weighted by molar-refractivity contribution is 5.79. The lowest BCUT2D eigenvalue weighted by molar-refractivity contribution is -0.132. The number of aliphatic imine (C=N–C) groups is 1. The molecular weight excluding hydrogens is 281 g/mol. The average molecular weight is 308 g/mol. The van der Waals surface area contributed by atoms with Crippen LogP contribution < -0.4 is 10.6 Å². The Labute approximate surface area is 125 Å². The molecule has 1 fully saturated rings. The summed E-state index contributed by atoms with van der Waals surface area (Å²) >= 11 is 0. The number of halogens is 3. The SMILES string of the molecule is CCCN1CCC(CNC(=NC)NCCC(F)(F)F)CC1. The summed E-state index contributed by atoms with van der Waals surface area (Å²) in [5.41, 5.74) is 0. The van der Waals surface area contributed by atoms with E-state index in [1.165, 1.54) is 6.42 Å². The fourth-order valence-corrected chi connectivity index (χ4v) is 2.51. The van der Waals surface area contributed by atoms with Crippen molar-refractivity contribution in [3.63, 3.8) is 0 Å². The minimum atomic E-state index is -4.13. The molecule has 0 atom stereocenters. The van der Waals surface area contributed by atoms with Crippen molar-refractivity contribution >= 4 is 5.96 Å². The summed E-state index contributed by atoms with van der Waals surface area (Å²) in [4.78, 5) is 6.42. The highest BCUT2D eigenvalue weighted by Gasteiger charge is 2.26. The van der Waals surface area contributed by atoms with Crippen LogP contribution in [0.2, 0.25) is 0 Å². The molecule has 1 saturated heterocycles. The first-order chi connectivity index (χ1) is 9.94. The number of nitrogens with zero attached hydrogens (tertiary/aromatic N) is 2. The highest BCUT2D eigenvalue weighted by atomic mass is 19.4. The summed E-state index contributed by atoms with van der Waals surface area (Å²) in [7, 11) is 1.58. The number of likely N-dealkylation sites (tertiary alicyclic amines) is 1. The molecule has 21 heavy (non-hydrogen) atoms. The van der Waals surface area contributed by atoms with Gasteiger partial charge in [-0.1, -0.05) is 6.92 Å². The average Bonchev–Trinajstić information content (AvgIpc) is 2.43. The molecule has 4 nitrogen and oxygen atoms in total. The number of guanidine groups is 1. The summed E-state index contributed by atoms with van der Waals surface area (Å²) in [6.07, 6.45) is -1.53. The van der Waals surface area contributed by atoms with Gasteiger partial charge in [0.05, 0.1) is 6.42 Å². The first-order valence-corrected chi connectivity index (χ1v) is 7.68. The molecule has 2 N–H and O–H groups in total. The molecule has 1 heterocycles. The van der Waals surface area contributed by atoms with E-state index in [1.54, 1.807) is 7.05 Å². The van der Waals surface area contributed by atoms with Gasteiger partial charge in [-0.3, -0.25) is 4.99 Å². The largest absolute Gasteiger partial charge is 0.390 e. The fraction of sp³-hybridized carbons (Fsp3) is 0.929. The number of alkyl halides is 3. The van der Waals surface area contributed by atoms with E-state index in [2.05, 4.69) is 27.4 Å². The smallest absolute Gasteiger partial charge is 0.356 e. The summed E-state index contributed by atoms with van der Waals surface area (Å²) < 4.78 is 36.2.